The molecule has 0 amide bonds. The Balaban J connectivity index is 2.68. The summed E-state index contributed by atoms with van der Waals surface area (Å²) in [5.41, 5.74) is 2.44. The highest BCUT2D eigenvalue weighted by Crippen LogP contribution is 2.24. The third-order valence-corrected chi connectivity index (χ3v) is 2.95. The molecule has 0 fully saturated rings. The second-order valence-corrected chi connectivity index (χ2v) is 6.29. The zero-order chi connectivity index (χ0) is 13.9. The van der Waals surface area contributed by atoms with E-state index in [1.54, 1.807) is 0 Å². The summed E-state index contributed by atoms with van der Waals surface area (Å²) in [5, 5.41) is 17.3. The standard InChI is InChI=1S/C14H27N3O/c1-10(7-11(2)18)15-8-12-9-17(6)16-13(12)14(3,4)5/h9-11,15,18H,7-8H2,1-6H3. The van der Waals surface area contributed by atoms with Gasteiger partial charge in [-0.25, -0.2) is 0 Å². The first-order chi connectivity index (χ1) is 8.20. The van der Waals surface area contributed by atoms with Gasteiger partial charge in [0.2, 0.25) is 0 Å². The van der Waals surface area contributed by atoms with Crippen LogP contribution in [0.15, 0.2) is 6.20 Å². The molecule has 0 aliphatic carbocycles. The summed E-state index contributed by atoms with van der Waals surface area (Å²) in [5.74, 6) is 0. The highest BCUT2D eigenvalue weighted by atomic mass is 16.3. The van der Waals surface area contributed by atoms with Crippen LogP contribution < -0.4 is 5.32 Å². The van der Waals surface area contributed by atoms with Gasteiger partial charge in [0.25, 0.3) is 0 Å². The zero-order valence-electron chi connectivity index (χ0n) is 12.5. The molecule has 1 rings (SSSR count). The number of aliphatic hydroxyl groups excluding tert-OH is 1. The van der Waals surface area contributed by atoms with Gasteiger partial charge in [0.15, 0.2) is 0 Å². The maximum atomic E-state index is 9.35. The number of nitrogens with one attached hydrogen (secondary N) is 1. The van der Waals surface area contributed by atoms with E-state index in [0.717, 1.165) is 18.7 Å². The first kappa shape index (κ1) is 15.2. The van der Waals surface area contributed by atoms with Gasteiger partial charge >= 0.3 is 0 Å². The van der Waals surface area contributed by atoms with Gasteiger partial charge in [-0.3, -0.25) is 4.68 Å². The molecule has 0 saturated heterocycles. The van der Waals surface area contributed by atoms with Crippen molar-refractivity contribution in [3.05, 3.63) is 17.5 Å². The Morgan fingerprint density at radius 2 is 2.00 bits per heavy atom. The number of aliphatic hydroxyl groups is 1. The summed E-state index contributed by atoms with van der Waals surface area (Å²) in [6, 6.07) is 0.304. The maximum absolute atomic E-state index is 9.35. The first-order valence-corrected chi connectivity index (χ1v) is 6.64. The fourth-order valence-corrected chi connectivity index (χ4v) is 2.18. The van der Waals surface area contributed by atoms with E-state index in [9.17, 15) is 5.11 Å². The van der Waals surface area contributed by atoms with E-state index in [0.29, 0.717) is 6.04 Å². The monoisotopic (exact) mass is 253 g/mol. The van der Waals surface area contributed by atoms with Crippen LogP contribution in [-0.2, 0) is 19.0 Å². The quantitative estimate of drug-likeness (QED) is 0.843. The Morgan fingerprint density at radius 1 is 1.39 bits per heavy atom. The summed E-state index contributed by atoms with van der Waals surface area (Å²) in [6.45, 7) is 11.3. The molecule has 18 heavy (non-hydrogen) atoms. The van der Waals surface area contributed by atoms with Crippen LogP contribution in [-0.4, -0.2) is 27.0 Å². The second-order valence-electron chi connectivity index (χ2n) is 6.29. The summed E-state index contributed by atoms with van der Waals surface area (Å²) in [6.07, 6.45) is 2.58. The number of aromatic nitrogens is 2. The molecule has 1 heterocycles. The Labute approximate surface area is 110 Å². The lowest BCUT2D eigenvalue weighted by atomic mass is 9.89. The SMILES string of the molecule is CC(O)CC(C)NCc1cn(C)nc1C(C)(C)C. The highest BCUT2D eigenvalue weighted by molar-refractivity contribution is 5.23. The van der Waals surface area contributed by atoms with E-state index in [2.05, 4.69) is 44.3 Å². The number of hydrogen-bond acceptors (Lipinski definition) is 3. The molecular formula is C14H27N3O. The van der Waals surface area contributed by atoms with Gasteiger partial charge in [0.1, 0.15) is 0 Å². The van der Waals surface area contributed by atoms with E-state index in [1.165, 1.54) is 5.56 Å². The minimum atomic E-state index is -0.261. The predicted octanol–water partition coefficient (Wildman–Crippen LogP) is 1.97. The molecule has 4 nitrogen and oxygen atoms in total. The third kappa shape index (κ3) is 4.42. The van der Waals surface area contributed by atoms with Crippen LogP contribution in [0, 0.1) is 0 Å². The zero-order valence-corrected chi connectivity index (χ0v) is 12.5. The highest BCUT2D eigenvalue weighted by Gasteiger charge is 2.21. The van der Waals surface area contributed by atoms with Gasteiger partial charge < -0.3 is 10.4 Å². The van der Waals surface area contributed by atoms with Gasteiger partial charge in [-0.15, -0.1) is 0 Å². The smallest absolute Gasteiger partial charge is 0.0722 e. The molecular weight excluding hydrogens is 226 g/mol. The van der Waals surface area contributed by atoms with Crippen LogP contribution in [0.25, 0.3) is 0 Å². The van der Waals surface area contributed by atoms with E-state index in [1.807, 2.05) is 18.7 Å². The van der Waals surface area contributed by atoms with Crippen molar-refractivity contribution in [1.29, 1.82) is 0 Å². The molecule has 0 aliphatic rings. The van der Waals surface area contributed by atoms with Crippen molar-refractivity contribution in [2.45, 2.75) is 65.1 Å². The Bertz CT molecular complexity index is 377. The van der Waals surface area contributed by atoms with Gasteiger partial charge in [-0.2, -0.15) is 5.10 Å². The molecule has 0 spiro atoms. The van der Waals surface area contributed by atoms with E-state index in [4.69, 9.17) is 0 Å². The van der Waals surface area contributed by atoms with Crippen molar-refractivity contribution >= 4 is 0 Å². The molecule has 1 aromatic rings. The molecule has 0 radical (unpaired) electrons. The minimum absolute atomic E-state index is 0.0613. The van der Waals surface area contributed by atoms with Crippen molar-refractivity contribution in [1.82, 2.24) is 15.1 Å². The average molecular weight is 253 g/mol. The van der Waals surface area contributed by atoms with Crippen LogP contribution in [0.5, 0.6) is 0 Å². The van der Waals surface area contributed by atoms with Crippen LogP contribution in [0.1, 0.15) is 52.3 Å². The minimum Gasteiger partial charge on any atom is -0.393 e. The lowest BCUT2D eigenvalue weighted by molar-refractivity contribution is 0.170. The maximum Gasteiger partial charge on any atom is 0.0722 e. The van der Waals surface area contributed by atoms with Crippen molar-refractivity contribution in [2.24, 2.45) is 7.05 Å². The summed E-state index contributed by atoms with van der Waals surface area (Å²) in [7, 11) is 1.96. The lowest BCUT2D eigenvalue weighted by Crippen LogP contribution is -2.29. The first-order valence-electron chi connectivity index (χ1n) is 6.64. The number of nitrogens with zero attached hydrogens (tertiary/aromatic N) is 2. The van der Waals surface area contributed by atoms with Crippen molar-refractivity contribution in [3.8, 4) is 0 Å². The Kier molecular flexibility index (Phi) is 4.93. The van der Waals surface area contributed by atoms with Crippen LogP contribution in [0.2, 0.25) is 0 Å². The summed E-state index contributed by atoms with van der Waals surface area (Å²) in [4.78, 5) is 0. The van der Waals surface area contributed by atoms with Crippen LogP contribution in [0.3, 0.4) is 0 Å². The molecule has 1 aromatic heterocycles. The van der Waals surface area contributed by atoms with E-state index in [-0.39, 0.29) is 11.5 Å². The molecule has 0 aromatic carbocycles. The Morgan fingerprint density at radius 3 is 2.50 bits per heavy atom. The van der Waals surface area contributed by atoms with Crippen LogP contribution >= 0.6 is 0 Å². The molecule has 4 heteroatoms. The van der Waals surface area contributed by atoms with Gasteiger partial charge in [0.05, 0.1) is 11.8 Å². The summed E-state index contributed by atoms with van der Waals surface area (Å²) < 4.78 is 1.87. The molecule has 0 aliphatic heterocycles. The lowest BCUT2D eigenvalue weighted by Gasteiger charge is -2.19. The fraction of sp³-hybridized carbons (Fsp3) is 0.786. The molecule has 0 bridgehead atoms. The predicted molar refractivity (Wildman–Crippen MR) is 74.5 cm³/mol. The van der Waals surface area contributed by atoms with Gasteiger partial charge in [-0.1, -0.05) is 20.8 Å². The van der Waals surface area contributed by atoms with Crippen LogP contribution in [0.4, 0.5) is 0 Å². The Hall–Kier alpha value is -0.870. The van der Waals surface area contributed by atoms with Crippen molar-refractivity contribution in [2.75, 3.05) is 0 Å². The molecule has 2 atom stereocenters. The second kappa shape index (κ2) is 5.85. The molecule has 2 unspecified atom stereocenters. The van der Waals surface area contributed by atoms with E-state index >= 15 is 0 Å². The average Bonchev–Trinajstić information content (AvgIpc) is 2.55. The molecule has 0 saturated carbocycles. The number of rotatable bonds is 5. The van der Waals surface area contributed by atoms with E-state index < -0.39 is 0 Å². The van der Waals surface area contributed by atoms with Crippen molar-refractivity contribution in [3.63, 3.8) is 0 Å². The number of hydrogen-bond donors (Lipinski definition) is 2. The molecule has 104 valence electrons. The summed E-state index contributed by atoms with van der Waals surface area (Å²) >= 11 is 0. The van der Waals surface area contributed by atoms with Crippen molar-refractivity contribution < 1.29 is 5.11 Å². The topological polar surface area (TPSA) is 50.1 Å². The normalized spacial score (nSPS) is 15.7. The number of aryl methyl sites for hydroxylation is 1. The largest absolute Gasteiger partial charge is 0.393 e. The molecule has 2 N–H and O–H groups in total. The fourth-order valence-electron chi connectivity index (χ4n) is 2.18. The van der Waals surface area contributed by atoms with Gasteiger partial charge in [-0.05, 0) is 20.3 Å². The van der Waals surface area contributed by atoms with Gasteiger partial charge in [0, 0.05) is 36.8 Å². The third-order valence-electron chi connectivity index (χ3n) is 2.95.